The van der Waals surface area contributed by atoms with Crippen LogP contribution in [0, 0.1) is 5.92 Å². The van der Waals surface area contributed by atoms with Crippen molar-refractivity contribution in [2.45, 2.75) is 31.7 Å². The van der Waals surface area contributed by atoms with Gasteiger partial charge >= 0.3 is 0 Å². The predicted octanol–water partition coefficient (Wildman–Crippen LogP) is 2.02. The Balaban J connectivity index is 1.47. The maximum Gasteiger partial charge on any atom is 0.250 e. The predicted molar refractivity (Wildman–Crippen MR) is 85.2 cm³/mol. The molecule has 0 unspecified atom stereocenters. The van der Waals surface area contributed by atoms with E-state index in [1.54, 1.807) is 12.3 Å². The highest BCUT2D eigenvalue weighted by atomic mass is 16.3. The van der Waals surface area contributed by atoms with Crippen LogP contribution < -0.4 is 5.56 Å². The summed E-state index contributed by atoms with van der Waals surface area (Å²) in [5.74, 6) is 1.70. The topological polar surface area (TPSA) is 55.5 Å². The molecule has 1 fully saturated rings. The molecule has 2 atom stereocenters. The van der Waals surface area contributed by atoms with E-state index in [0.717, 1.165) is 37.5 Å². The Morgan fingerprint density at radius 2 is 2.09 bits per heavy atom. The minimum atomic E-state index is 0.0785. The maximum absolute atomic E-state index is 12.5. The largest absolute Gasteiger partial charge is 0.469 e. The van der Waals surface area contributed by atoms with E-state index in [2.05, 4.69) is 0 Å². The number of hydrogen-bond donors (Lipinski definition) is 0. The number of carbonyl (C=O) groups excluding carboxylic acids is 1. The summed E-state index contributed by atoms with van der Waals surface area (Å²) in [6.45, 7) is 2.21. The third kappa shape index (κ3) is 2.71. The molecule has 4 heterocycles. The van der Waals surface area contributed by atoms with Gasteiger partial charge in [0.2, 0.25) is 5.91 Å². The first-order valence-corrected chi connectivity index (χ1v) is 8.20. The zero-order valence-electron chi connectivity index (χ0n) is 13.0. The van der Waals surface area contributed by atoms with Crippen molar-refractivity contribution in [2.24, 2.45) is 5.92 Å². The van der Waals surface area contributed by atoms with Gasteiger partial charge in [-0.15, -0.1) is 0 Å². The summed E-state index contributed by atoms with van der Waals surface area (Å²) in [7, 11) is 0. The van der Waals surface area contributed by atoms with Gasteiger partial charge in [-0.05, 0) is 30.5 Å². The van der Waals surface area contributed by atoms with Crippen molar-refractivity contribution in [3.8, 4) is 0 Å². The minimum absolute atomic E-state index is 0.0785. The second kappa shape index (κ2) is 5.72. The number of aromatic nitrogens is 1. The molecule has 0 spiro atoms. The molecule has 4 rings (SSSR count). The van der Waals surface area contributed by atoms with Crippen molar-refractivity contribution < 1.29 is 9.21 Å². The summed E-state index contributed by atoms with van der Waals surface area (Å²) in [6.07, 6.45) is 3.84. The van der Waals surface area contributed by atoms with Gasteiger partial charge in [0.1, 0.15) is 5.76 Å². The van der Waals surface area contributed by atoms with Crippen molar-refractivity contribution in [2.75, 3.05) is 13.1 Å². The molecule has 0 saturated carbocycles. The molecule has 2 aromatic rings. The second-order valence-corrected chi connectivity index (χ2v) is 6.58. The van der Waals surface area contributed by atoms with E-state index in [1.807, 2.05) is 33.7 Å². The van der Waals surface area contributed by atoms with Crippen LogP contribution in [-0.4, -0.2) is 28.5 Å². The Kier molecular flexibility index (Phi) is 3.56. The number of likely N-dealkylation sites (tertiary alicyclic amines) is 1. The fourth-order valence-electron chi connectivity index (χ4n) is 3.94. The van der Waals surface area contributed by atoms with Gasteiger partial charge in [0.05, 0.1) is 6.26 Å². The van der Waals surface area contributed by atoms with Crippen molar-refractivity contribution in [1.82, 2.24) is 9.47 Å². The van der Waals surface area contributed by atoms with Gasteiger partial charge in [0.25, 0.3) is 5.56 Å². The van der Waals surface area contributed by atoms with E-state index in [1.165, 1.54) is 0 Å². The SMILES string of the molecule is O=C(CCc1ccco1)N1C[C@@H]2C[C@@H](C1)c1cccc(=O)n1C2. The monoisotopic (exact) mass is 312 g/mol. The van der Waals surface area contributed by atoms with Crippen LogP contribution in [0.1, 0.15) is 30.2 Å². The first kappa shape index (κ1) is 14.3. The summed E-state index contributed by atoms with van der Waals surface area (Å²) in [4.78, 5) is 26.5. The van der Waals surface area contributed by atoms with Gasteiger partial charge in [-0.3, -0.25) is 9.59 Å². The van der Waals surface area contributed by atoms with E-state index in [-0.39, 0.29) is 17.4 Å². The number of aryl methyl sites for hydroxylation is 1. The number of rotatable bonds is 3. The molecule has 1 saturated heterocycles. The van der Waals surface area contributed by atoms with Gasteiger partial charge in [0.15, 0.2) is 0 Å². The summed E-state index contributed by atoms with van der Waals surface area (Å²) in [5.41, 5.74) is 1.16. The Bertz CT molecular complexity index is 763. The smallest absolute Gasteiger partial charge is 0.250 e. The van der Waals surface area contributed by atoms with Gasteiger partial charge in [0, 0.05) is 50.2 Å². The molecule has 2 bridgehead atoms. The van der Waals surface area contributed by atoms with Crippen LogP contribution in [0.4, 0.5) is 0 Å². The molecule has 0 N–H and O–H groups in total. The van der Waals surface area contributed by atoms with Crippen LogP contribution in [-0.2, 0) is 17.8 Å². The number of fused-ring (bicyclic) bond motifs is 4. The molecular formula is C18H20N2O3. The van der Waals surface area contributed by atoms with Crippen LogP contribution in [0.2, 0.25) is 0 Å². The number of piperidine rings is 1. The Morgan fingerprint density at radius 3 is 2.91 bits per heavy atom. The highest BCUT2D eigenvalue weighted by Gasteiger charge is 2.35. The van der Waals surface area contributed by atoms with Crippen molar-refractivity contribution >= 4 is 5.91 Å². The zero-order valence-corrected chi connectivity index (χ0v) is 13.0. The molecular weight excluding hydrogens is 292 g/mol. The van der Waals surface area contributed by atoms with Crippen LogP contribution in [0.5, 0.6) is 0 Å². The third-order valence-corrected chi connectivity index (χ3v) is 5.00. The third-order valence-electron chi connectivity index (χ3n) is 5.00. The van der Waals surface area contributed by atoms with Gasteiger partial charge < -0.3 is 13.9 Å². The van der Waals surface area contributed by atoms with Crippen LogP contribution >= 0.6 is 0 Å². The number of hydrogen-bond acceptors (Lipinski definition) is 3. The van der Waals surface area contributed by atoms with Crippen molar-refractivity contribution in [3.05, 3.63) is 58.4 Å². The zero-order chi connectivity index (χ0) is 15.8. The fraction of sp³-hybridized carbons (Fsp3) is 0.444. The molecule has 5 heteroatoms. The molecule has 2 aliphatic heterocycles. The Labute approximate surface area is 134 Å². The average molecular weight is 312 g/mol. The molecule has 5 nitrogen and oxygen atoms in total. The highest BCUT2D eigenvalue weighted by Crippen LogP contribution is 2.35. The standard InChI is InChI=1S/C18H20N2O3/c21-17(7-6-15-3-2-8-23-15)19-10-13-9-14(12-19)16-4-1-5-18(22)20(16)11-13/h1-5,8,13-14H,6-7,9-12H2/t13-,14-/m0/s1. The van der Waals surface area contributed by atoms with Crippen LogP contribution in [0.15, 0.2) is 45.8 Å². The second-order valence-electron chi connectivity index (χ2n) is 6.58. The normalized spacial score (nSPS) is 22.7. The summed E-state index contributed by atoms with van der Waals surface area (Å²) in [5, 5.41) is 0. The highest BCUT2D eigenvalue weighted by molar-refractivity contribution is 5.76. The van der Waals surface area contributed by atoms with Gasteiger partial charge in [-0.1, -0.05) is 6.07 Å². The molecule has 0 aromatic carbocycles. The van der Waals surface area contributed by atoms with Crippen molar-refractivity contribution in [3.63, 3.8) is 0 Å². The summed E-state index contributed by atoms with van der Waals surface area (Å²) in [6, 6.07) is 9.22. The number of pyridine rings is 1. The van der Waals surface area contributed by atoms with E-state index in [4.69, 9.17) is 4.42 Å². The Hall–Kier alpha value is -2.30. The molecule has 2 aromatic heterocycles. The lowest BCUT2D eigenvalue weighted by molar-refractivity contribution is -0.134. The number of amides is 1. The maximum atomic E-state index is 12.5. The first-order chi connectivity index (χ1) is 11.2. The minimum Gasteiger partial charge on any atom is -0.469 e. The lowest BCUT2D eigenvalue weighted by Crippen LogP contribution is -2.49. The number of carbonyl (C=O) groups is 1. The molecule has 23 heavy (non-hydrogen) atoms. The molecule has 2 aliphatic rings. The van der Waals surface area contributed by atoms with Gasteiger partial charge in [-0.25, -0.2) is 0 Å². The molecule has 1 amide bonds. The van der Waals surface area contributed by atoms with E-state index in [9.17, 15) is 9.59 Å². The fourth-order valence-corrected chi connectivity index (χ4v) is 3.94. The number of furan rings is 1. The lowest BCUT2D eigenvalue weighted by atomic mass is 9.83. The van der Waals surface area contributed by atoms with Gasteiger partial charge in [-0.2, -0.15) is 0 Å². The quantitative estimate of drug-likeness (QED) is 0.871. The number of nitrogens with zero attached hydrogens (tertiary/aromatic N) is 2. The molecule has 0 radical (unpaired) electrons. The molecule has 120 valence electrons. The van der Waals surface area contributed by atoms with E-state index >= 15 is 0 Å². The van der Waals surface area contributed by atoms with E-state index in [0.29, 0.717) is 18.8 Å². The average Bonchev–Trinajstić information content (AvgIpc) is 3.07. The lowest BCUT2D eigenvalue weighted by Gasteiger charge is -2.42. The van der Waals surface area contributed by atoms with Crippen molar-refractivity contribution in [1.29, 1.82) is 0 Å². The summed E-state index contributed by atoms with van der Waals surface area (Å²) < 4.78 is 7.19. The molecule has 0 aliphatic carbocycles. The summed E-state index contributed by atoms with van der Waals surface area (Å²) >= 11 is 0. The van der Waals surface area contributed by atoms with Crippen LogP contribution in [0.3, 0.4) is 0 Å². The van der Waals surface area contributed by atoms with E-state index < -0.39 is 0 Å². The first-order valence-electron chi connectivity index (χ1n) is 8.20. The van der Waals surface area contributed by atoms with Crippen LogP contribution in [0.25, 0.3) is 0 Å². The Morgan fingerprint density at radius 1 is 1.17 bits per heavy atom.